The largest absolute Gasteiger partial charge is 0.310 e. The molecular weight excluding hydrogens is 727 g/mol. The maximum Gasteiger partial charge on any atom is 0.0991 e. The first-order valence-corrected chi connectivity index (χ1v) is 20.4. The maximum absolute atomic E-state index is 9.51. The highest BCUT2D eigenvalue weighted by molar-refractivity contribution is 6.24. The first-order chi connectivity index (χ1) is 29.7. The normalized spacial score (nSPS) is 11.7. The molecule has 0 atom stereocenters. The number of nitrogens with zero attached hydrogens (tertiary/aromatic N) is 3. The van der Waals surface area contributed by atoms with E-state index in [0.717, 1.165) is 28.3 Å². The number of aromatic nitrogens is 1. The second-order valence-corrected chi connectivity index (χ2v) is 15.7. The van der Waals surface area contributed by atoms with Crippen molar-refractivity contribution in [1.29, 1.82) is 5.26 Å². The van der Waals surface area contributed by atoms with E-state index in [9.17, 15) is 5.26 Å². The standard InChI is InChI=1S/C57H35N3/c58-36-37-17-26-48(27-18-37)59(53-16-8-10-39-9-4-5-13-50(39)53)49-28-23-38(24-29-49)45-31-41-19-21-43-33-46(34-44-22-20-42(32-45)56(41)57(43)44)40-25-30-52-51-14-6-7-15-54(51)60(55(52)35-40)47-11-2-1-3-12-47/h1-35H. The Morgan fingerprint density at radius 1 is 0.367 bits per heavy atom. The van der Waals surface area contributed by atoms with Crippen LogP contribution in [0.2, 0.25) is 0 Å². The first-order valence-electron chi connectivity index (χ1n) is 20.4. The van der Waals surface area contributed by atoms with Gasteiger partial charge in [-0.2, -0.15) is 5.26 Å². The number of fused-ring (bicyclic) bond motifs is 4. The summed E-state index contributed by atoms with van der Waals surface area (Å²) in [4.78, 5) is 2.28. The van der Waals surface area contributed by atoms with Crippen LogP contribution in [0.3, 0.4) is 0 Å². The summed E-state index contributed by atoms with van der Waals surface area (Å²) < 4.78 is 2.39. The second kappa shape index (κ2) is 13.5. The zero-order chi connectivity index (χ0) is 39.7. The van der Waals surface area contributed by atoms with Crippen LogP contribution in [-0.4, -0.2) is 4.57 Å². The van der Waals surface area contributed by atoms with Crippen LogP contribution in [-0.2, 0) is 0 Å². The molecule has 3 heteroatoms. The third kappa shape index (κ3) is 5.36. The Hall–Kier alpha value is -8.19. The van der Waals surface area contributed by atoms with Crippen molar-refractivity contribution in [2.75, 3.05) is 4.90 Å². The monoisotopic (exact) mass is 761 g/mol. The molecule has 0 saturated carbocycles. The lowest BCUT2D eigenvalue weighted by molar-refractivity contribution is 1.18. The van der Waals surface area contributed by atoms with E-state index in [4.69, 9.17) is 0 Å². The van der Waals surface area contributed by atoms with Crippen molar-refractivity contribution in [3.63, 3.8) is 0 Å². The van der Waals surface area contributed by atoms with Crippen molar-refractivity contribution in [1.82, 2.24) is 4.57 Å². The summed E-state index contributed by atoms with van der Waals surface area (Å²) in [5.74, 6) is 0. The van der Waals surface area contributed by atoms with Crippen molar-refractivity contribution in [2.24, 2.45) is 0 Å². The van der Waals surface area contributed by atoms with E-state index in [-0.39, 0.29) is 0 Å². The van der Waals surface area contributed by atoms with Crippen LogP contribution in [0.25, 0.3) is 92.8 Å². The predicted octanol–water partition coefficient (Wildman–Crippen LogP) is 15.5. The summed E-state index contributed by atoms with van der Waals surface area (Å²) in [6, 6.07) is 78.7. The molecule has 0 aliphatic rings. The summed E-state index contributed by atoms with van der Waals surface area (Å²) in [7, 11) is 0. The average molecular weight is 762 g/mol. The summed E-state index contributed by atoms with van der Waals surface area (Å²) in [6.45, 7) is 0. The molecule has 3 nitrogen and oxygen atoms in total. The molecule has 60 heavy (non-hydrogen) atoms. The van der Waals surface area contributed by atoms with Crippen LogP contribution < -0.4 is 4.90 Å². The van der Waals surface area contributed by atoms with E-state index in [1.54, 1.807) is 0 Å². The lowest BCUT2D eigenvalue weighted by atomic mass is 9.89. The highest BCUT2D eigenvalue weighted by Gasteiger charge is 2.18. The van der Waals surface area contributed by atoms with Gasteiger partial charge in [-0.3, -0.25) is 0 Å². The van der Waals surface area contributed by atoms with Gasteiger partial charge in [0.1, 0.15) is 0 Å². The van der Waals surface area contributed by atoms with E-state index < -0.39 is 0 Å². The van der Waals surface area contributed by atoms with Gasteiger partial charge in [-0.1, -0.05) is 121 Å². The smallest absolute Gasteiger partial charge is 0.0991 e. The van der Waals surface area contributed by atoms with Crippen LogP contribution in [0.4, 0.5) is 17.1 Å². The predicted molar refractivity (Wildman–Crippen MR) is 252 cm³/mol. The Labute approximate surface area is 347 Å². The van der Waals surface area contributed by atoms with E-state index in [0.29, 0.717) is 5.56 Å². The molecule has 11 aromatic carbocycles. The van der Waals surface area contributed by atoms with Gasteiger partial charge in [0.2, 0.25) is 0 Å². The van der Waals surface area contributed by atoms with Crippen molar-refractivity contribution in [3.05, 3.63) is 218 Å². The van der Waals surface area contributed by atoms with Crippen LogP contribution in [0.15, 0.2) is 212 Å². The van der Waals surface area contributed by atoms with E-state index >= 15 is 0 Å². The third-order valence-electron chi connectivity index (χ3n) is 12.3. The lowest BCUT2D eigenvalue weighted by Crippen LogP contribution is -2.10. The molecule has 1 aromatic heterocycles. The molecule has 12 rings (SSSR count). The fraction of sp³-hybridized carbons (Fsp3) is 0. The number of benzene rings is 11. The molecule has 0 amide bonds. The summed E-state index contributed by atoms with van der Waals surface area (Å²) in [5, 5.41) is 22.0. The number of rotatable bonds is 6. The lowest BCUT2D eigenvalue weighted by Gasteiger charge is -2.27. The van der Waals surface area contributed by atoms with Crippen LogP contribution in [0.5, 0.6) is 0 Å². The molecule has 0 fully saturated rings. The van der Waals surface area contributed by atoms with E-state index in [1.165, 1.54) is 81.6 Å². The minimum atomic E-state index is 0.642. The molecule has 0 radical (unpaired) electrons. The topological polar surface area (TPSA) is 32.0 Å². The molecular formula is C57H35N3. The number of anilines is 3. The van der Waals surface area contributed by atoms with Gasteiger partial charge in [-0.05, 0) is 151 Å². The quantitative estimate of drug-likeness (QED) is 0.158. The third-order valence-corrected chi connectivity index (χ3v) is 12.3. The second-order valence-electron chi connectivity index (χ2n) is 15.7. The van der Waals surface area contributed by atoms with Crippen LogP contribution >= 0.6 is 0 Å². The van der Waals surface area contributed by atoms with Gasteiger partial charge in [-0.25, -0.2) is 0 Å². The number of hydrogen-bond acceptors (Lipinski definition) is 2. The Balaban J connectivity index is 0.933. The van der Waals surface area contributed by atoms with Gasteiger partial charge in [-0.15, -0.1) is 0 Å². The molecule has 1 heterocycles. The van der Waals surface area contributed by atoms with E-state index in [2.05, 4.69) is 204 Å². The van der Waals surface area contributed by atoms with Gasteiger partial charge in [0, 0.05) is 33.2 Å². The molecule has 0 aliphatic carbocycles. The summed E-state index contributed by atoms with van der Waals surface area (Å²) in [5.41, 5.74) is 12.1. The van der Waals surface area contributed by atoms with Crippen molar-refractivity contribution in [2.45, 2.75) is 0 Å². The maximum atomic E-state index is 9.51. The van der Waals surface area contributed by atoms with Gasteiger partial charge in [0.05, 0.1) is 28.4 Å². The highest BCUT2D eigenvalue weighted by atomic mass is 15.1. The van der Waals surface area contributed by atoms with Gasteiger partial charge in [0.25, 0.3) is 0 Å². The molecule has 0 aliphatic heterocycles. The molecule has 0 unspecified atom stereocenters. The minimum absolute atomic E-state index is 0.642. The number of hydrogen-bond donors (Lipinski definition) is 0. The molecule has 0 bridgehead atoms. The molecule has 12 aromatic rings. The van der Waals surface area contributed by atoms with Crippen molar-refractivity contribution < 1.29 is 0 Å². The van der Waals surface area contributed by atoms with Crippen molar-refractivity contribution in [3.8, 4) is 34.0 Å². The Bertz CT molecular complexity index is 3580. The average Bonchev–Trinajstić information content (AvgIpc) is 3.65. The van der Waals surface area contributed by atoms with Gasteiger partial charge in [0.15, 0.2) is 0 Å². The molecule has 278 valence electrons. The Morgan fingerprint density at radius 2 is 0.900 bits per heavy atom. The number of nitriles is 1. The molecule has 0 saturated heterocycles. The minimum Gasteiger partial charge on any atom is -0.310 e. The Kier molecular flexibility index (Phi) is 7.60. The Morgan fingerprint density at radius 3 is 1.57 bits per heavy atom. The van der Waals surface area contributed by atoms with Crippen LogP contribution in [0, 0.1) is 11.3 Å². The van der Waals surface area contributed by atoms with Gasteiger partial charge < -0.3 is 9.47 Å². The molecule has 0 N–H and O–H groups in total. The van der Waals surface area contributed by atoms with Gasteiger partial charge >= 0.3 is 0 Å². The summed E-state index contributed by atoms with van der Waals surface area (Å²) >= 11 is 0. The number of para-hydroxylation sites is 2. The fourth-order valence-electron chi connectivity index (χ4n) is 9.49. The van der Waals surface area contributed by atoms with Crippen LogP contribution in [0.1, 0.15) is 5.56 Å². The zero-order valence-electron chi connectivity index (χ0n) is 32.5. The van der Waals surface area contributed by atoms with Crippen molar-refractivity contribution >= 4 is 82.0 Å². The highest BCUT2D eigenvalue weighted by Crippen LogP contribution is 2.43. The van der Waals surface area contributed by atoms with E-state index in [1.807, 2.05) is 24.3 Å². The first kappa shape index (κ1) is 33.9. The zero-order valence-corrected chi connectivity index (χ0v) is 32.5. The molecule has 0 spiro atoms. The summed E-state index contributed by atoms with van der Waals surface area (Å²) in [6.07, 6.45) is 0. The fourth-order valence-corrected chi connectivity index (χ4v) is 9.49. The SMILES string of the molecule is N#Cc1ccc(N(c2ccc(-c3cc4ccc5cc(-c6ccc7c8ccccc8n(-c8ccccc8)c7c6)cc6ccc(c3)c4c56)cc2)c2cccc3ccccc23)cc1.